The number of phenols is 2. The average Bonchev–Trinajstić information content (AvgIpc) is 2.45. The van der Waals surface area contributed by atoms with Gasteiger partial charge in [0.25, 0.3) is 0 Å². The van der Waals surface area contributed by atoms with Gasteiger partial charge in [-0.15, -0.1) is 0 Å². The maximum Gasteiger partial charge on any atom is 0.127 e. The topological polar surface area (TPSA) is 40.5 Å². The zero-order valence-electron chi connectivity index (χ0n) is 9.93. The molecule has 18 heavy (non-hydrogen) atoms. The highest BCUT2D eigenvalue weighted by Gasteiger charge is 2.34. The van der Waals surface area contributed by atoms with Gasteiger partial charge in [0.1, 0.15) is 11.5 Å². The largest absolute Gasteiger partial charge is 0.507 e. The molecule has 0 heterocycles. The fraction of sp³-hybridized carbons (Fsp3) is 0.250. The number of fused-ring (bicyclic) bond motifs is 2. The minimum atomic E-state index is 0.264. The summed E-state index contributed by atoms with van der Waals surface area (Å²) in [5, 5.41) is 22.5. The van der Waals surface area contributed by atoms with Crippen molar-refractivity contribution in [3.8, 4) is 11.5 Å². The van der Waals surface area contributed by atoms with E-state index >= 15 is 0 Å². The minimum absolute atomic E-state index is 0.264. The van der Waals surface area contributed by atoms with E-state index in [9.17, 15) is 10.2 Å². The first-order chi connectivity index (χ1) is 8.77. The maximum atomic E-state index is 10.5. The number of hydrogen-bond acceptors (Lipinski definition) is 2. The Hall–Kier alpha value is -1.96. The molecule has 0 saturated carbocycles. The van der Waals surface area contributed by atoms with Crippen molar-refractivity contribution in [2.24, 2.45) is 0 Å². The molecule has 5 rings (SSSR count). The van der Waals surface area contributed by atoms with E-state index in [2.05, 4.69) is 12.2 Å². The van der Waals surface area contributed by atoms with E-state index in [0.717, 1.165) is 34.7 Å². The summed E-state index contributed by atoms with van der Waals surface area (Å²) in [6.07, 6.45) is 6.48. The average molecular weight is 238 g/mol. The predicted molar refractivity (Wildman–Crippen MR) is 71.1 cm³/mol. The van der Waals surface area contributed by atoms with E-state index in [-0.39, 0.29) is 11.8 Å². The SMILES string of the molecule is Oc1c2c(c(O)c3ccccc13)C1C=CC2CC1. The zero-order valence-corrected chi connectivity index (χ0v) is 9.93. The molecule has 0 saturated heterocycles. The lowest BCUT2D eigenvalue weighted by atomic mass is 9.70. The Kier molecular flexibility index (Phi) is 1.83. The molecule has 0 fully saturated rings. The highest BCUT2D eigenvalue weighted by molar-refractivity contribution is 5.96. The van der Waals surface area contributed by atoms with Gasteiger partial charge < -0.3 is 10.2 Å². The van der Waals surface area contributed by atoms with Gasteiger partial charge in [0, 0.05) is 33.7 Å². The van der Waals surface area contributed by atoms with Crippen LogP contribution in [0.4, 0.5) is 0 Å². The van der Waals surface area contributed by atoms with Crippen LogP contribution >= 0.6 is 0 Å². The van der Waals surface area contributed by atoms with Crippen LogP contribution in [-0.2, 0) is 0 Å². The van der Waals surface area contributed by atoms with Crippen LogP contribution in [0.2, 0.25) is 0 Å². The van der Waals surface area contributed by atoms with Gasteiger partial charge in [-0.1, -0.05) is 36.4 Å². The van der Waals surface area contributed by atoms with Gasteiger partial charge in [-0.25, -0.2) is 0 Å². The van der Waals surface area contributed by atoms with Crippen LogP contribution in [0.25, 0.3) is 10.8 Å². The Morgan fingerprint density at radius 1 is 0.778 bits per heavy atom. The van der Waals surface area contributed by atoms with Gasteiger partial charge in [-0.3, -0.25) is 0 Å². The van der Waals surface area contributed by atoms with E-state index < -0.39 is 0 Å². The normalized spacial score (nSPS) is 24.4. The van der Waals surface area contributed by atoms with Crippen LogP contribution in [0.1, 0.15) is 35.8 Å². The lowest BCUT2D eigenvalue weighted by Gasteiger charge is -2.35. The molecule has 2 aromatic rings. The molecular weight excluding hydrogens is 224 g/mol. The first kappa shape index (κ1) is 10.0. The molecule has 90 valence electrons. The van der Waals surface area contributed by atoms with Gasteiger partial charge in [-0.2, -0.15) is 0 Å². The van der Waals surface area contributed by atoms with Crippen molar-refractivity contribution in [1.29, 1.82) is 0 Å². The molecule has 3 aliphatic carbocycles. The molecule has 0 aromatic heterocycles. The fourth-order valence-corrected chi connectivity index (χ4v) is 3.49. The summed E-state index contributed by atoms with van der Waals surface area (Å²) < 4.78 is 0. The Morgan fingerprint density at radius 2 is 1.22 bits per heavy atom. The fourth-order valence-electron chi connectivity index (χ4n) is 3.49. The van der Waals surface area contributed by atoms with E-state index in [4.69, 9.17) is 0 Å². The molecule has 2 unspecified atom stereocenters. The Bertz CT molecular complexity index is 627. The van der Waals surface area contributed by atoms with Crippen LogP contribution in [0.15, 0.2) is 36.4 Å². The molecule has 3 aliphatic rings. The number of benzene rings is 2. The molecule has 0 aliphatic heterocycles. The van der Waals surface area contributed by atoms with Gasteiger partial charge >= 0.3 is 0 Å². The van der Waals surface area contributed by atoms with Gasteiger partial charge in [0.15, 0.2) is 0 Å². The van der Waals surface area contributed by atoms with Crippen molar-refractivity contribution < 1.29 is 10.2 Å². The second-order valence-corrected chi connectivity index (χ2v) is 5.25. The van der Waals surface area contributed by atoms with Crippen LogP contribution in [0.3, 0.4) is 0 Å². The summed E-state index contributed by atoms with van der Waals surface area (Å²) in [5.74, 6) is 1.25. The summed E-state index contributed by atoms with van der Waals surface area (Å²) in [5.41, 5.74) is 1.90. The van der Waals surface area contributed by atoms with E-state index in [1.54, 1.807) is 0 Å². The summed E-state index contributed by atoms with van der Waals surface area (Å²) in [6.45, 7) is 0. The number of aromatic hydroxyl groups is 2. The van der Waals surface area contributed by atoms with Crippen molar-refractivity contribution in [3.05, 3.63) is 47.5 Å². The van der Waals surface area contributed by atoms with E-state index in [1.807, 2.05) is 24.3 Å². The number of phenolic OH excluding ortho intramolecular Hbond substituents is 2. The second kappa shape index (κ2) is 3.29. The van der Waals surface area contributed by atoms with Crippen molar-refractivity contribution in [2.45, 2.75) is 24.7 Å². The summed E-state index contributed by atoms with van der Waals surface area (Å²) in [7, 11) is 0. The quantitative estimate of drug-likeness (QED) is 0.541. The van der Waals surface area contributed by atoms with E-state index in [0.29, 0.717) is 11.5 Å². The van der Waals surface area contributed by atoms with Gasteiger partial charge in [0.05, 0.1) is 0 Å². The monoisotopic (exact) mass is 238 g/mol. The highest BCUT2D eigenvalue weighted by atomic mass is 16.3. The van der Waals surface area contributed by atoms with Gasteiger partial charge in [0.2, 0.25) is 0 Å². The molecule has 0 radical (unpaired) electrons. The highest BCUT2D eigenvalue weighted by Crippen LogP contribution is 2.54. The Labute approximate surface area is 105 Å². The third kappa shape index (κ3) is 1.08. The standard InChI is InChI=1S/C16H14O2/c17-15-11-3-1-2-4-12(11)16(18)14-10-7-5-9(6-8-10)13(14)15/h1-5,7,9-10,17-18H,6,8H2. The van der Waals surface area contributed by atoms with Crippen LogP contribution in [0, 0.1) is 0 Å². The Balaban J connectivity index is 2.18. The molecule has 2 N–H and O–H groups in total. The molecule has 2 atom stereocenters. The van der Waals surface area contributed by atoms with Crippen LogP contribution in [0.5, 0.6) is 11.5 Å². The second-order valence-electron chi connectivity index (χ2n) is 5.25. The van der Waals surface area contributed by atoms with Crippen LogP contribution < -0.4 is 0 Å². The van der Waals surface area contributed by atoms with Gasteiger partial charge in [-0.05, 0) is 12.8 Å². The van der Waals surface area contributed by atoms with Crippen molar-refractivity contribution >= 4 is 10.8 Å². The Morgan fingerprint density at radius 3 is 1.61 bits per heavy atom. The molecular formula is C16H14O2. The molecule has 2 bridgehead atoms. The first-order valence-corrected chi connectivity index (χ1v) is 6.42. The molecule has 0 amide bonds. The van der Waals surface area contributed by atoms with Crippen molar-refractivity contribution in [1.82, 2.24) is 0 Å². The molecule has 2 heteroatoms. The van der Waals surface area contributed by atoms with E-state index in [1.165, 1.54) is 0 Å². The lowest BCUT2D eigenvalue weighted by Crippen LogP contribution is -2.17. The summed E-state index contributed by atoms with van der Waals surface area (Å²) in [4.78, 5) is 0. The lowest BCUT2D eigenvalue weighted by molar-refractivity contribution is 0.429. The zero-order chi connectivity index (χ0) is 12.3. The van der Waals surface area contributed by atoms with Crippen molar-refractivity contribution in [3.63, 3.8) is 0 Å². The smallest absolute Gasteiger partial charge is 0.127 e. The third-order valence-corrected chi connectivity index (χ3v) is 4.34. The molecule has 2 aromatic carbocycles. The molecule has 0 spiro atoms. The molecule has 2 nitrogen and oxygen atoms in total. The minimum Gasteiger partial charge on any atom is -0.507 e. The van der Waals surface area contributed by atoms with Crippen LogP contribution in [-0.4, -0.2) is 10.2 Å². The predicted octanol–water partition coefficient (Wildman–Crippen LogP) is 3.78. The third-order valence-electron chi connectivity index (χ3n) is 4.34. The van der Waals surface area contributed by atoms with Crippen molar-refractivity contribution in [2.75, 3.05) is 0 Å². The number of rotatable bonds is 0. The number of allylic oxidation sites excluding steroid dienone is 2. The number of hydrogen-bond donors (Lipinski definition) is 2. The first-order valence-electron chi connectivity index (χ1n) is 6.42. The summed E-state index contributed by atoms with van der Waals surface area (Å²) >= 11 is 0. The maximum absolute atomic E-state index is 10.5. The summed E-state index contributed by atoms with van der Waals surface area (Å²) in [6, 6.07) is 7.53.